The number of rotatable bonds is 3. The highest BCUT2D eigenvalue weighted by atomic mass is 35.5. The van der Waals surface area contributed by atoms with Gasteiger partial charge in [0.2, 0.25) is 0 Å². The van der Waals surface area contributed by atoms with E-state index in [2.05, 4.69) is 9.98 Å². The van der Waals surface area contributed by atoms with E-state index in [0.29, 0.717) is 27.5 Å². The second kappa shape index (κ2) is 7.07. The van der Waals surface area contributed by atoms with Crippen LogP contribution < -0.4 is 0 Å². The number of phenols is 1. The normalized spacial score (nSPS) is 17.9. The topological polar surface area (TPSA) is 65.8 Å². The van der Waals surface area contributed by atoms with Crippen LogP contribution in [0, 0.1) is 0 Å². The summed E-state index contributed by atoms with van der Waals surface area (Å²) < 4.78 is 0. The Hall–Kier alpha value is -2.31. The molecular formula is C17H14ClN3O2S. The molecule has 1 aromatic heterocycles. The van der Waals surface area contributed by atoms with Gasteiger partial charge in [0.1, 0.15) is 11.4 Å². The number of nitrogens with zero attached hydrogens (tertiary/aromatic N) is 3. The summed E-state index contributed by atoms with van der Waals surface area (Å²) in [5.74, 6) is 0.0350. The van der Waals surface area contributed by atoms with Crippen molar-refractivity contribution in [2.45, 2.75) is 6.92 Å². The number of carbonyl (C=O) groups excluding carboxylic acids is 1. The number of aromatic hydroxyl groups is 1. The number of halogens is 1. The maximum Gasteiger partial charge on any atom is 0.266 e. The zero-order chi connectivity index (χ0) is 17.1. The standard InChI is InChI=1S/C17H14ClN3O2S/c1-2-21-16(23)14(10-11-5-3-6-12(22)9-11)24-17(21)20-13-7-4-8-19-15(13)18/h3-10,22H,2H2,1H3/b14-10-,20-17?. The van der Waals surface area contributed by atoms with Crippen molar-refractivity contribution < 1.29 is 9.90 Å². The molecule has 0 unspecified atom stereocenters. The van der Waals surface area contributed by atoms with Crippen molar-refractivity contribution in [1.82, 2.24) is 9.88 Å². The third-order valence-corrected chi connectivity index (χ3v) is 4.63. The first-order chi connectivity index (χ1) is 11.6. The number of amidine groups is 1. The van der Waals surface area contributed by atoms with Crippen LogP contribution in [0.5, 0.6) is 5.75 Å². The van der Waals surface area contributed by atoms with Crippen molar-refractivity contribution in [3.8, 4) is 5.75 Å². The number of pyridine rings is 1. The average Bonchev–Trinajstić information content (AvgIpc) is 2.85. The van der Waals surface area contributed by atoms with E-state index in [-0.39, 0.29) is 11.7 Å². The molecule has 0 saturated carbocycles. The summed E-state index contributed by atoms with van der Waals surface area (Å²) in [7, 11) is 0. The number of benzene rings is 1. The molecule has 2 aromatic rings. The fourth-order valence-corrected chi connectivity index (χ4v) is 3.42. The molecule has 1 fully saturated rings. The average molecular weight is 360 g/mol. The molecule has 1 saturated heterocycles. The van der Waals surface area contributed by atoms with E-state index >= 15 is 0 Å². The molecule has 3 rings (SSSR count). The molecular weight excluding hydrogens is 346 g/mol. The number of phenolic OH excluding ortho intramolecular Hbond substituents is 1. The molecule has 0 atom stereocenters. The Morgan fingerprint density at radius 1 is 1.38 bits per heavy atom. The van der Waals surface area contributed by atoms with Gasteiger partial charge in [0.15, 0.2) is 10.3 Å². The van der Waals surface area contributed by atoms with Crippen LogP contribution in [0.1, 0.15) is 12.5 Å². The summed E-state index contributed by atoms with van der Waals surface area (Å²) in [6, 6.07) is 10.2. The lowest BCUT2D eigenvalue weighted by Gasteiger charge is -2.12. The lowest BCUT2D eigenvalue weighted by molar-refractivity contribution is -0.122. The van der Waals surface area contributed by atoms with Gasteiger partial charge in [0.05, 0.1) is 4.91 Å². The third kappa shape index (κ3) is 3.44. The minimum atomic E-state index is -0.121. The Kier molecular flexibility index (Phi) is 4.87. The predicted octanol–water partition coefficient (Wildman–Crippen LogP) is 4.06. The number of carbonyl (C=O) groups is 1. The highest BCUT2D eigenvalue weighted by Gasteiger charge is 2.32. The second-order valence-corrected chi connectivity index (χ2v) is 6.33. The van der Waals surface area contributed by atoms with Gasteiger partial charge in [-0.25, -0.2) is 9.98 Å². The molecule has 1 amide bonds. The summed E-state index contributed by atoms with van der Waals surface area (Å²) in [6.45, 7) is 2.38. The van der Waals surface area contributed by atoms with Crippen LogP contribution >= 0.6 is 23.4 Å². The highest BCUT2D eigenvalue weighted by Crippen LogP contribution is 2.35. The van der Waals surface area contributed by atoms with E-state index < -0.39 is 0 Å². The summed E-state index contributed by atoms with van der Waals surface area (Å²) >= 11 is 7.32. The molecule has 5 nitrogen and oxygen atoms in total. The van der Waals surface area contributed by atoms with Gasteiger partial charge in [-0.1, -0.05) is 23.7 Å². The van der Waals surface area contributed by atoms with Gasteiger partial charge in [-0.15, -0.1) is 0 Å². The summed E-state index contributed by atoms with van der Waals surface area (Å²) in [5, 5.41) is 10.4. The molecule has 122 valence electrons. The van der Waals surface area contributed by atoms with E-state index in [1.54, 1.807) is 47.5 Å². The minimum Gasteiger partial charge on any atom is -0.508 e. The zero-order valence-electron chi connectivity index (χ0n) is 12.8. The van der Waals surface area contributed by atoms with Crippen LogP contribution in [0.4, 0.5) is 5.69 Å². The summed E-state index contributed by atoms with van der Waals surface area (Å²) in [4.78, 5) is 23.1. The van der Waals surface area contributed by atoms with Gasteiger partial charge in [-0.05, 0) is 54.6 Å². The molecule has 1 aliphatic rings. The van der Waals surface area contributed by atoms with Crippen molar-refractivity contribution in [1.29, 1.82) is 0 Å². The Morgan fingerprint density at radius 3 is 2.92 bits per heavy atom. The molecule has 0 aliphatic carbocycles. The SMILES string of the molecule is CCN1C(=O)/C(=C/c2cccc(O)c2)SC1=Nc1cccnc1Cl. The van der Waals surface area contributed by atoms with Gasteiger partial charge in [-0.2, -0.15) is 0 Å². The first-order valence-corrected chi connectivity index (χ1v) is 8.47. The minimum absolute atomic E-state index is 0.121. The van der Waals surface area contributed by atoms with Crippen LogP contribution in [-0.4, -0.2) is 32.6 Å². The number of hydrogen-bond acceptors (Lipinski definition) is 5. The van der Waals surface area contributed by atoms with E-state index in [1.807, 2.05) is 13.0 Å². The molecule has 1 N–H and O–H groups in total. The van der Waals surface area contributed by atoms with Gasteiger partial charge in [0, 0.05) is 12.7 Å². The van der Waals surface area contributed by atoms with Gasteiger partial charge >= 0.3 is 0 Å². The summed E-state index contributed by atoms with van der Waals surface area (Å²) in [5.41, 5.74) is 1.27. The number of aromatic nitrogens is 1. The molecule has 0 bridgehead atoms. The first kappa shape index (κ1) is 16.5. The zero-order valence-corrected chi connectivity index (χ0v) is 14.4. The lowest BCUT2D eigenvalue weighted by atomic mass is 10.2. The van der Waals surface area contributed by atoms with Crippen molar-refractivity contribution >= 4 is 46.2 Å². The van der Waals surface area contributed by atoms with Gasteiger partial charge in [0.25, 0.3) is 5.91 Å². The maximum atomic E-state index is 12.6. The highest BCUT2D eigenvalue weighted by molar-refractivity contribution is 8.18. The molecule has 7 heteroatoms. The monoisotopic (exact) mass is 359 g/mol. The molecule has 1 aromatic carbocycles. The van der Waals surface area contributed by atoms with E-state index in [0.717, 1.165) is 5.56 Å². The first-order valence-electron chi connectivity index (χ1n) is 7.28. The third-order valence-electron chi connectivity index (χ3n) is 3.33. The Morgan fingerprint density at radius 2 is 2.21 bits per heavy atom. The molecule has 0 spiro atoms. The van der Waals surface area contributed by atoms with Gasteiger partial charge < -0.3 is 5.11 Å². The maximum absolute atomic E-state index is 12.6. The Balaban J connectivity index is 1.96. The quantitative estimate of drug-likeness (QED) is 0.662. The van der Waals surface area contributed by atoms with E-state index in [9.17, 15) is 9.90 Å². The summed E-state index contributed by atoms with van der Waals surface area (Å²) in [6.07, 6.45) is 3.33. The molecule has 0 radical (unpaired) electrons. The number of hydrogen-bond donors (Lipinski definition) is 1. The number of likely N-dealkylation sites (N-methyl/N-ethyl adjacent to an activating group) is 1. The Bertz CT molecular complexity index is 851. The van der Waals surface area contributed by atoms with Crippen molar-refractivity contribution in [3.63, 3.8) is 0 Å². The lowest BCUT2D eigenvalue weighted by Crippen LogP contribution is -2.28. The van der Waals surface area contributed by atoms with Crippen LogP contribution in [0.15, 0.2) is 52.5 Å². The van der Waals surface area contributed by atoms with Crippen LogP contribution in [0.25, 0.3) is 6.08 Å². The van der Waals surface area contributed by atoms with Gasteiger partial charge in [-0.3, -0.25) is 9.69 Å². The van der Waals surface area contributed by atoms with Crippen molar-refractivity contribution in [2.24, 2.45) is 4.99 Å². The molecule has 1 aliphatic heterocycles. The largest absolute Gasteiger partial charge is 0.508 e. The Labute approximate surface area is 148 Å². The number of thioether (sulfide) groups is 1. The number of aliphatic imine (C=N–C) groups is 1. The molecule has 24 heavy (non-hydrogen) atoms. The van der Waals surface area contributed by atoms with Crippen LogP contribution in [0.2, 0.25) is 5.15 Å². The number of amides is 1. The smallest absolute Gasteiger partial charge is 0.266 e. The molecule has 2 heterocycles. The fourth-order valence-electron chi connectivity index (χ4n) is 2.20. The van der Waals surface area contributed by atoms with E-state index in [4.69, 9.17) is 11.6 Å². The fraction of sp³-hybridized carbons (Fsp3) is 0.118. The van der Waals surface area contributed by atoms with Crippen molar-refractivity contribution in [3.05, 3.63) is 58.2 Å². The van der Waals surface area contributed by atoms with Crippen LogP contribution in [0.3, 0.4) is 0 Å². The van der Waals surface area contributed by atoms with Crippen molar-refractivity contribution in [2.75, 3.05) is 6.54 Å². The van der Waals surface area contributed by atoms with Crippen LogP contribution in [-0.2, 0) is 4.79 Å². The second-order valence-electron chi connectivity index (χ2n) is 4.96. The predicted molar refractivity (Wildman–Crippen MR) is 97.4 cm³/mol. The van der Waals surface area contributed by atoms with E-state index in [1.165, 1.54) is 11.8 Å².